The normalized spacial score (nSPS) is 13.7. The predicted octanol–water partition coefficient (Wildman–Crippen LogP) is 5.42. The quantitative estimate of drug-likeness (QED) is 0.637. The van der Waals surface area contributed by atoms with E-state index in [9.17, 15) is 13.2 Å². The van der Waals surface area contributed by atoms with E-state index in [1.807, 2.05) is 12.1 Å². The molecule has 96 valence electrons. The zero-order chi connectivity index (χ0) is 12.9. The van der Waals surface area contributed by atoms with Crippen LogP contribution in [0.15, 0.2) is 24.3 Å². The highest BCUT2D eigenvalue weighted by molar-refractivity contribution is 9.09. The fourth-order valence-electron chi connectivity index (χ4n) is 1.60. The van der Waals surface area contributed by atoms with Gasteiger partial charge in [-0.3, -0.25) is 0 Å². The van der Waals surface area contributed by atoms with E-state index in [1.165, 1.54) is 5.56 Å². The van der Waals surface area contributed by atoms with Gasteiger partial charge in [0, 0.05) is 4.83 Å². The van der Waals surface area contributed by atoms with E-state index in [2.05, 4.69) is 22.9 Å². The highest BCUT2D eigenvalue weighted by atomic mass is 79.9. The molecule has 1 aromatic carbocycles. The summed E-state index contributed by atoms with van der Waals surface area (Å²) in [4.78, 5) is -0.650. The van der Waals surface area contributed by atoms with E-state index in [1.54, 1.807) is 12.1 Å². The van der Waals surface area contributed by atoms with Crippen LogP contribution in [-0.2, 0) is 6.42 Å². The molecule has 0 saturated heterocycles. The summed E-state index contributed by atoms with van der Waals surface area (Å²) in [5.74, 6) is 0. The van der Waals surface area contributed by atoms with Crippen molar-refractivity contribution in [3.63, 3.8) is 0 Å². The van der Waals surface area contributed by atoms with Gasteiger partial charge in [-0.1, -0.05) is 53.5 Å². The van der Waals surface area contributed by atoms with Crippen molar-refractivity contribution in [1.29, 1.82) is 0 Å². The van der Waals surface area contributed by atoms with Gasteiger partial charge in [0.2, 0.25) is 0 Å². The molecule has 0 heterocycles. The Morgan fingerprint density at radius 1 is 1.18 bits per heavy atom. The lowest BCUT2D eigenvalue weighted by Gasteiger charge is -2.13. The summed E-state index contributed by atoms with van der Waals surface area (Å²) < 4.78 is 36.6. The molecule has 1 rings (SSSR count). The summed E-state index contributed by atoms with van der Waals surface area (Å²) in [6.45, 7) is 2.12. The molecule has 0 fully saturated rings. The number of aryl methyl sites for hydroxylation is 1. The van der Waals surface area contributed by atoms with Crippen molar-refractivity contribution in [2.45, 2.75) is 43.6 Å². The second-order valence-corrected chi connectivity index (χ2v) is 5.24. The third-order valence-corrected chi connectivity index (χ3v) is 3.42. The average Bonchev–Trinajstić information content (AvgIpc) is 2.24. The number of benzene rings is 1. The van der Waals surface area contributed by atoms with Gasteiger partial charge in [0.25, 0.3) is 0 Å². The molecule has 0 bridgehead atoms. The summed E-state index contributed by atoms with van der Waals surface area (Å²) in [5.41, 5.74) is 1.87. The van der Waals surface area contributed by atoms with Gasteiger partial charge in [0.15, 0.2) is 0 Å². The van der Waals surface area contributed by atoms with E-state index >= 15 is 0 Å². The molecule has 1 aromatic rings. The molecule has 0 aliphatic rings. The molecule has 0 amide bonds. The molecule has 1 atom stereocenters. The number of hydrogen-bond acceptors (Lipinski definition) is 0. The maximum Gasteiger partial charge on any atom is 0.390 e. The van der Waals surface area contributed by atoms with Crippen LogP contribution in [0.5, 0.6) is 0 Å². The summed E-state index contributed by atoms with van der Waals surface area (Å²) in [6.07, 6.45) is -1.74. The van der Waals surface area contributed by atoms with Gasteiger partial charge < -0.3 is 0 Å². The zero-order valence-corrected chi connectivity index (χ0v) is 11.3. The van der Waals surface area contributed by atoms with Crippen LogP contribution >= 0.6 is 15.9 Å². The Morgan fingerprint density at radius 2 is 1.76 bits per heavy atom. The van der Waals surface area contributed by atoms with Crippen LogP contribution in [0.3, 0.4) is 0 Å². The lowest BCUT2D eigenvalue weighted by atomic mass is 10.0. The molecule has 0 nitrogen and oxygen atoms in total. The van der Waals surface area contributed by atoms with Gasteiger partial charge in [-0.25, -0.2) is 0 Å². The number of halogens is 4. The first-order chi connectivity index (χ1) is 7.92. The van der Waals surface area contributed by atoms with E-state index in [-0.39, 0.29) is 0 Å². The molecular weight excluding hydrogens is 293 g/mol. The summed E-state index contributed by atoms with van der Waals surface area (Å²) >= 11 is 3.08. The van der Waals surface area contributed by atoms with Crippen molar-refractivity contribution in [2.24, 2.45) is 0 Å². The summed E-state index contributed by atoms with van der Waals surface area (Å²) in [6, 6.07) is 7.37. The first-order valence-electron chi connectivity index (χ1n) is 5.72. The average molecular weight is 309 g/mol. The molecule has 17 heavy (non-hydrogen) atoms. The first kappa shape index (κ1) is 14.6. The highest BCUT2D eigenvalue weighted by Gasteiger charge is 2.31. The van der Waals surface area contributed by atoms with Gasteiger partial charge in [-0.05, 0) is 24.0 Å². The molecule has 0 aromatic heterocycles. The SMILES string of the molecule is CCCCc1ccc(C(Br)CC(F)(F)F)cc1. The number of rotatable bonds is 5. The van der Waals surface area contributed by atoms with Crippen LogP contribution < -0.4 is 0 Å². The van der Waals surface area contributed by atoms with E-state index in [4.69, 9.17) is 0 Å². The van der Waals surface area contributed by atoms with Crippen molar-refractivity contribution < 1.29 is 13.2 Å². The Labute approximate surface area is 108 Å². The largest absolute Gasteiger partial charge is 0.390 e. The predicted molar refractivity (Wildman–Crippen MR) is 67.4 cm³/mol. The van der Waals surface area contributed by atoms with Gasteiger partial charge in [-0.2, -0.15) is 13.2 Å². The van der Waals surface area contributed by atoms with E-state index in [0.717, 1.165) is 19.3 Å². The van der Waals surface area contributed by atoms with Crippen LogP contribution in [0.4, 0.5) is 13.2 Å². The third-order valence-electron chi connectivity index (χ3n) is 2.57. The van der Waals surface area contributed by atoms with Gasteiger partial charge in [-0.15, -0.1) is 0 Å². The van der Waals surface area contributed by atoms with Gasteiger partial charge in [0.05, 0.1) is 6.42 Å². The number of hydrogen-bond donors (Lipinski definition) is 0. The van der Waals surface area contributed by atoms with Crippen molar-refractivity contribution >= 4 is 15.9 Å². The summed E-state index contributed by atoms with van der Waals surface area (Å²) in [7, 11) is 0. The monoisotopic (exact) mass is 308 g/mol. The minimum Gasteiger partial charge on any atom is -0.171 e. The molecule has 0 radical (unpaired) electrons. The topological polar surface area (TPSA) is 0 Å². The molecule has 0 aliphatic carbocycles. The van der Waals surface area contributed by atoms with Crippen molar-refractivity contribution in [1.82, 2.24) is 0 Å². The standard InChI is InChI=1S/C13H16BrF3/c1-2-3-4-10-5-7-11(8-6-10)12(14)9-13(15,16)17/h5-8,12H,2-4,9H2,1H3. The molecule has 4 heteroatoms. The van der Waals surface area contributed by atoms with Crippen molar-refractivity contribution in [3.05, 3.63) is 35.4 Å². The molecular formula is C13H16BrF3. The van der Waals surface area contributed by atoms with Crippen molar-refractivity contribution in [2.75, 3.05) is 0 Å². The maximum atomic E-state index is 12.2. The molecule has 0 saturated carbocycles. The van der Waals surface area contributed by atoms with Crippen LogP contribution in [0.25, 0.3) is 0 Å². The lowest BCUT2D eigenvalue weighted by molar-refractivity contribution is -0.134. The molecule has 1 unspecified atom stereocenters. The van der Waals surface area contributed by atoms with Gasteiger partial charge in [0.1, 0.15) is 0 Å². The fourth-order valence-corrected chi connectivity index (χ4v) is 2.27. The van der Waals surface area contributed by atoms with Gasteiger partial charge >= 0.3 is 6.18 Å². The van der Waals surface area contributed by atoms with Crippen LogP contribution in [0.1, 0.15) is 42.1 Å². The zero-order valence-electron chi connectivity index (χ0n) is 9.73. The van der Waals surface area contributed by atoms with Crippen LogP contribution in [-0.4, -0.2) is 6.18 Å². The molecule has 0 N–H and O–H groups in total. The Balaban J connectivity index is 2.60. The Hall–Kier alpha value is -0.510. The smallest absolute Gasteiger partial charge is 0.171 e. The van der Waals surface area contributed by atoms with Crippen molar-refractivity contribution in [3.8, 4) is 0 Å². The minimum absolute atomic E-state index is 0.650. The Morgan fingerprint density at radius 3 is 2.24 bits per heavy atom. The van der Waals surface area contributed by atoms with Crippen LogP contribution in [0.2, 0.25) is 0 Å². The van der Waals surface area contributed by atoms with E-state index in [0.29, 0.717) is 5.56 Å². The minimum atomic E-state index is -4.13. The maximum absolute atomic E-state index is 12.2. The first-order valence-corrected chi connectivity index (χ1v) is 6.63. The third kappa shape index (κ3) is 5.57. The second-order valence-electron chi connectivity index (χ2n) is 4.13. The van der Waals surface area contributed by atoms with E-state index < -0.39 is 17.4 Å². The highest BCUT2D eigenvalue weighted by Crippen LogP contribution is 2.35. The fraction of sp³-hybridized carbons (Fsp3) is 0.538. The van der Waals surface area contributed by atoms with Crippen LogP contribution in [0, 0.1) is 0 Å². The second kappa shape index (κ2) is 6.43. The number of unbranched alkanes of at least 4 members (excludes halogenated alkanes) is 1. The Kier molecular flexibility index (Phi) is 5.50. The Bertz CT molecular complexity index is 330. The lowest BCUT2D eigenvalue weighted by Crippen LogP contribution is -2.10. The molecule has 0 aliphatic heterocycles. The number of alkyl halides is 4. The summed E-state index contributed by atoms with van der Waals surface area (Å²) in [5, 5.41) is 0. The molecule has 0 spiro atoms.